The van der Waals surface area contributed by atoms with Crippen molar-refractivity contribution in [1.29, 1.82) is 0 Å². The summed E-state index contributed by atoms with van der Waals surface area (Å²) in [6.07, 6.45) is 0. The molecule has 2 nitrogen and oxygen atoms in total. The van der Waals surface area contributed by atoms with Gasteiger partial charge in [0.05, 0.1) is 5.69 Å². The summed E-state index contributed by atoms with van der Waals surface area (Å²) in [6, 6.07) is 11.7. The van der Waals surface area contributed by atoms with Crippen LogP contribution in [0.1, 0.15) is 6.92 Å². The Morgan fingerprint density at radius 3 is 2.63 bits per heavy atom. The number of hydrogen-bond acceptors (Lipinski definition) is 3. The molecule has 0 saturated carbocycles. The standard InChI is InChI=1S/C14H13BrFNOS/c1-2-19-17-13-8-3-10(15)9-14(13)18-12-6-4-11(16)5-7-12/h3-9,17H,2H2,1H3. The molecular weight excluding hydrogens is 329 g/mol. The zero-order valence-corrected chi connectivity index (χ0v) is 12.7. The van der Waals surface area contributed by atoms with Gasteiger partial charge in [0, 0.05) is 10.2 Å². The molecule has 0 aliphatic carbocycles. The molecule has 0 saturated heterocycles. The average Bonchev–Trinajstić information content (AvgIpc) is 2.40. The molecule has 0 spiro atoms. The summed E-state index contributed by atoms with van der Waals surface area (Å²) in [5, 5.41) is 0. The molecule has 2 aromatic rings. The van der Waals surface area contributed by atoms with Crippen molar-refractivity contribution in [2.75, 3.05) is 10.5 Å². The molecule has 100 valence electrons. The van der Waals surface area contributed by atoms with Gasteiger partial charge in [0.2, 0.25) is 0 Å². The summed E-state index contributed by atoms with van der Waals surface area (Å²) < 4.78 is 22.8. The lowest BCUT2D eigenvalue weighted by molar-refractivity contribution is 0.482. The number of rotatable bonds is 5. The van der Waals surface area contributed by atoms with Crippen molar-refractivity contribution in [3.63, 3.8) is 0 Å². The van der Waals surface area contributed by atoms with Gasteiger partial charge in [-0.25, -0.2) is 4.39 Å². The Balaban J connectivity index is 2.22. The lowest BCUT2D eigenvalue weighted by atomic mass is 10.3. The minimum absolute atomic E-state index is 0.276. The van der Waals surface area contributed by atoms with Gasteiger partial charge in [-0.15, -0.1) is 0 Å². The fourth-order valence-corrected chi connectivity index (χ4v) is 2.25. The van der Waals surface area contributed by atoms with Gasteiger partial charge in [-0.05, 0) is 42.5 Å². The Morgan fingerprint density at radius 1 is 1.21 bits per heavy atom. The van der Waals surface area contributed by atoms with E-state index in [1.54, 1.807) is 24.1 Å². The van der Waals surface area contributed by atoms with Crippen LogP contribution in [0.5, 0.6) is 11.5 Å². The highest BCUT2D eigenvalue weighted by Crippen LogP contribution is 2.33. The summed E-state index contributed by atoms with van der Waals surface area (Å²) in [6.45, 7) is 2.07. The third-order valence-corrected chi connectivity index (χ3v) is 3.46. The SMILES string of the molecule is CCSNc1ccc(Br)cc1Oc1ccc(F)cc1. The van der Waals surface area contributed by atoms with E-state index in [4.69, 9.17) is 4.74 Å². The van der Waals surface area contributed by atoms with E-state index in [2.05, 4.69) is 27.6 Å². The normalized spacial score (nSPS) is 10.3. The molecule has 0 aliphatic rings. The van der Waals surface area contributed by atoms with Crippen LogP contribution in [-0.4, -0.2) is 5.75 Å². The summed E-state index contributed by atoms with van der Waals surface area (Å²) in [5.41, 5.74) is 0.888. The number of nitrogens with one attached hydrogen (secondary N) is 1. The Hall–Kier alpha value is -1.20. The molecule has 0 aromatic heterocycles. The van der Waals surface area contributed by atoms with Gasteiger partial charge < -0.3 is 9.46 Å². The van der Waals surface area contributed by atoms with E-state index < -0.39 is 0 Å². The van der Waals surface area contributed by atoms with Crippen LogP contribution >= 0.6 is 27.9 Å². The molecule has 0 heterocycles. The fourth-order valence-electron chi connectivity index (χ4n) is 1.44. The first-order valence-corrected chi connectivity index (χ1v) is 7.57. The Labute approximate surface area is 124 Å². The summed E-state index contributed by atoms with van der Waals surface area (Å²) in [5.74, 6) is 1.97. The van der Waals surface area contributed by atoms with E-state index in [9.17, 15) is 4.39 Å². The van der Waals surface area contributed by atoms with Crippen LogP contribution in [0.3, 0.4) is 0 Å². The predicted octanol–water partition coefficient (Wildman–Crippen LogP) is 5.46. The number of ether oxygens (including phenoxy) is 1. The smallest absolute Gasteiger partial charge is 0.152 e. The van der Waals surface area contributed by atoms with Crippen molar-refractivity contribution >= 4 is 33.6 Å². The average molecular weight is 342 g/mol. The second-order valence-corrected chi connectivity index (χ2v) is 5.72. The molecule has 2 rings (SSSR count). The second kappa shape index (κ2) is 6.82. The fraction of sp³-hybridized carbons (Fsp3) is 0.143. The van der Waals surface area contributed by atoms with E-state index in [1.807, 2.05) is 18.2 Å². The molecule has 0 fully saturated rings. The highest BCUT2D eigenvalue weighted by atomic mass is 79.9. The maximum Gasteiger partial charge on any atom is 0.152 e. The van der Waals surface area contributed by atoms with Gasteiger partial charge >= 0.3 is 0 Å². The lowest BCUT2D eigenvalue weighted by Gasteiger charge is -2.12. The molecule has 19 heavy (non-hydrogen) atoms. The summed E-state index contributed by atoms with van der Waals surface area (Å²) >= 11 is 5.00. The van der Waals surface area contributed by atoms with E-state index >= 15 is 0 Å². The van der Waals surface area contributed by atoms with Gasteiger partial charge in [0.15, 0.2) is 5.75 Å². The van der Waals surface area contributed by atoms with Crippen LogP contribution < -0.4 is 9.46 Å². The van der Waals surface area contributed by atoms with Crippen molar-refractivity contribution in [3.05, 3.63) is 52.8 Å². The predicted molar refractivity (Wildman–Crippen MR) is 82.4 cm³/mol. The van der Waals surface area contributed by atoms with E-state index in [-0.39, 0.29) is 5.82 Å². The number of anilines is 1. The quantitative estimate of drug-likeness (QED) is 0.729. The third kappa shape index (κ3) is 4.14. The van der Waals surface area contributed by atoms with E-state index in [1.165, 1.54) is 12.1 Å². The summed E-state index contributed by atoms with van der Waals surface area (Å²) in [4.78, 5) is 0. The van der Waals surface area contributed by atoms with E-state index in [0.29, 0.717) is 11.5 Å². The molecule has 0 atom stereocenters. The van der Waals surface area contributed by atoms with Gasteiger partial charge in [-0.1, -0.05) is 34.8 Å². The Morgan fingerprint density at radius 2 is 1.95 bits per heavy atom. The van der Waals surface area contributed by atoms with Gasteiger partial charge in [0.25, 0.3) is 0 Å². The highest BCUT2D eigenvalue weighted by molar-refractivity contribution is 9.10. The number of benzene rings is 2. The van der Waals surface area contributed by atoms with Crippen LogP contribution in [0, 0.1) is 5.82 Å². The topological polar surface area (TPSA) is 21.3 Å². The van der Waals surface area contributed by atoms with Gasteiger partial charge in [0.1, 0.15) is 11.6 Å². The first-order chi connectivity index (χ1) is 9.19. The molecule has 2 aromatic carbocycles. The minimum Gasteiger partial charge on any atom is -0.455 e. The number of hydrogen-bond donors (Lipinski definition) is 1. The second-order valence-electron chi connectivity index (χ2n) is 3.73. The third-order valence-electron chi connectivity index (χ3n) is 2.31. The first-order valence-electron chi connectivity index (χ1n) is 5.80. The zero-order chi connectivity index (χ0) is 13.7. The maximum absolute atomic E-state index is 12.9. The molecule has 0 bridgehead atoms. The molecule has 0 aliphatic heterocycles. The molecule has 1 N–H and O–H groups in total. The zero-order valence-electron chi connectivity index (χ0n) is 10.3. The van der Waals surface area contributed by atoms with Gasteiger partial charge in [-0.2, -0.15) is 0 Å². The van der Waals surface area contributed by atoms with Crippen molar-refractivity contribution in [2.24, 2.45) is 0 Å². The molecule has 0 amide bonds. The van der Waals surface area contributed by atoms with Crippen molar-refractivity contribution in [2.45, 2.75) is 6.92 Å². The number of halogens is 2. The molecule has 0 unspecified atom stereocenters. The monoisotopic (exact) mass is 341 g/mol. The molecule has 0 radical (unpaired) electrons. The van der Waals surface area contributed by atoms with E-state index in [0.717, 1.165) is 15.9 Å². The minimum atomic E-state index is -0.276. The highest BCUT2D eigenvalue weighted by Gasteiger charge is 2.06. The van der Waals surface area contributed by atoms with Crippen LogP contribution in [0.2, 0.25) is 0 Å². The molecular formula is C14H13BrFNOS. The lowest BCUT2D eigenvalue weighted by Crippen LogP contribution is -1.93. The summed E-state index contributed by atoms with van der Waals surface area (Å²) in [7, 11) is 0. The van der Waals surface area contributed by atoms with Crippen molar-refractivity contribution in [3.8, 4) is 11.5 Å². The molecule has 5 heteroatoms. The Bertz CT molecular complexity index is 548. The largest absolute Gasteiger partial charge is 0.455 e. The van der Waals surface area contributed by atoms with Crippen LogP contribution in [0.15, 0.2) is 46.9 Å². The van der Waals surface area contributed by atoms with Crippen LogP contribution in [0.25, 0.3) is 0 Å². The first kappa shape index (κ1) is 14.2. The van der Waals surface area contributed by atoms with Gasteiger partial charge in [-0.3, -0.25) is 0 Å². The maximum atomic E-state index is 12.9. The van der Waals surface area contributed by atoms with Crippen molar-refractivity contribution in [1.82, 2.24) is 0 Å². The van der Waals surface area contributed by atoms with Crippen LogP contribution in [0.4, 0.5) is 10.1 Å². The Kier molecular flexibility index (Phi) is 5.10. The van der Waals surface area contributed by atoms with Crippen LogP contribution in [-0.2, 0) is 0 Å². The van der Waals surface area contributed by atoms with Crippen molar-refractivity contribution < 1.29 is 9.13 Å².